The fourth-order valence-corrected chi connectivity index (χ4v) is 10.8. The van der Waals surface area contributed by atoms with Crippen LogP contribution in [0.4, 0.5) is 0 Å². The van der Waals surface area contributed by atoms with Crippen LogP contribution in [-0.2, 0) is 52.2 Å². The van der Waals surface area contributed by atoms with E-state index in [2.05, 4.69) is 46.8 Å². The van der Waals surface area contributed by atoms with Gasteiger partial charge in [0.05, 0.1) is 54.9 Å². The number of nitrogens with two attached hydrogens (primary N) is 1. The van der Waals surface area contributed by atoms with Gasteiger partial charge in [-0.25, -0.2) is 0 Å². The van der Waals surface area contributed by atoms with Gasteiger partial charge < -0.3 is 63.3 Å². The molecule has 2 bridgehead atoms. The van der Waals surface area contributed by atoms with E-state index in [-0.39, 0.29) is 54.9 Å². The normalized spacial score (nSPS) is 49.7. The van der Waals surface area contributed by atoms with Gasteiger partial charge in [0.1, 0.15) is 35.9 Å². The number of fused-ring (bicyclic) bond motifs is 2. The summed E-state index contributed by atoms with van der Waals surface area (Å²) in [7, 11) is 3.33. The van der Waals surface area contributed by atoms with Gasteiger partial charge in [-0.05, 0) is 69.8 Å². The van der Waals surface area contributed by atoms with Crippen LogP contribution >= 0.6 is 0 Å². The number of carbonyl (C=O) groups is 1. The van der Waals surface area contributed by atoms with Crippen molar-refractivity contribution < 1.29 is 62.4 Å². The summed E-state index contributed by atoms with van der Waals surface area (Å²) < 4.78 is 64.4. The van der Waals surface area contributed by atoms with Crippen molar-refractivity contribution in [2.45, 2.75) is 197 Å². The first kappa shape index (κ1) is 48.6. The fraction of sp³-hybridized carbons (Fsp3) is 0.776. The first-order valence-corrected chi connectivity index (χ1v) is 23.3. The number of allylic oxidation sites excluding steroid dienone is 2. The molecule has 0 aromatic heterocycles. The molecular formula is C49H75NO13. The van der Waals surface area contributed by atoms with Crippen LogP contribution < -0.4 is 5.73 Å². The zero-order chi connectivity index (χ0) is 45.6. The minimum absolute atomic E-state index is 0.0366. The molecule has 1 aliphatic carbocycles. The van der Waals surface area contributed by atoms with Gasteiger partial charge in [-0.2, -0.15) is 0 Å². The number of aliphatic hydroxyl groups is 2. The van der Waals surface area contributed by atoms with Crippen molar-refractivity contribution in [3.05, 3.63) is 59.3 Å². The number of methoxy groups -OCH3 is 2. The smallest absolute Gasteiger partial charge is 0.316 e. The molecule has 0 amide bonds. The van der Waals surface area contributed by atoms with Gasteiger partial charge in [-0.3, -0.25) is 4.79 Å². The van der Waals surface area contributed by atoms with Gasteiger partial charge >= 0.3 is 5.97 Å². The lowest BCUT2D eigenvalue weighted by atomic mass is 9.71. The third-order valence-electron chi connectivity index (χ3n) is 15.2. The zero-order valence-electron chi connectivity index (χ0n) is 39.3. The van der Waals surface area contributed by atoms with Crippen LogP contribution in [0.25, 0.3) is 0 Å². The number of ether oxygens (including phenoxy) is 10. The van der Waals surface area contributed by atoms with Crippen LogP contribution in [0.3, 0.4) is 0 Å². The molecule has 4 saturated heterocycles. The zero-order valence-corrected chi connectivity index (χ0v) is 39.3. The molecule has 7 aliphatic rings. The summed E-state index contributed by atoms with van der Waals surface area (Å²) in [5, 5.41) is 23.7. The van der Waals surface area contributed by atoms with Crippen molar-refractivity contribution in [3.8, 4) is 0 Å². The molecule has 0 aromatic carbocycles. The minimum Gasteiger partial charge on any atom is -0.462 e. The van der Waals surface area contributed by atoms with Gasteiger partial charge in [0.2, 0.25) is 0 Å². The van der Waals surface area contributed by atoms with Crippen molar-refractivity contribution in [2.75, 3.05) is 20.8 Å². The molecule has 3 unspecified atom stereocenters. The molecule has 4 N–H and O–H groups in total. The second kappa shape index (κ2) is 19.5. The van der Waals surface area contributed by atoms with E-state index in [1.54, 1.807) is 33.3 Å². The van der Waals surface area contributed by atoms with E-state index >= 15 is 0 Å². The summed E-state index contributed by atoms with van der Waals surface area (Å²) in [5.74, 6) is -2.54. The minimum atomic E-state index is -1.83. The Morgan fingerprint density at radius 3 is 2.41 bits per heavy atom. The predicted molar refractivity (Wildman–Crippen MR) is 234 cm³/mol. The summed E-state index contributed by atoms with van der Waals surface area (Å²) in [5.41, 5.74) is 6.05. The molecule has 4 fully saturated rings. The van der Waals surface area contributed by atoms with Crippen molar-refractivity contribution in [2.24, 2.45) is 29.4 Å². The highest BCUT2D eigenvalue weighted by atomic mass is 16.7. The highest BCUT2D eigenvalue weighted by Crippen LogP contribution is 2.47. The van der Waals surface area contributed by atoms with E-state index in [9.17, 15) is 15.0 Å². The average Bonchev–Trinajstić information content (AvgIpc) is 3.58. The van der Waals surface area contributed by atoms with Crippen molar-refractivity contribution in [3.63, 3.8) is 0 Å². The van der Waals surface area contributed by atoms with Crippen LogP contribution in [0, 0.1) is 23.7 Å². The van der Waals surface area contributed by atoms with E-state index in [4.69, 9.17) is 53.1 Å². The Labute approximate surface area is 374 Å². The molecular weight excluding hydrogens is 811 g/mol. The van der Waals surface area contributed by atoms with Crippen molar-refractivity contribution in [1.82, 2.24) is 0 Å². The van der Waals surface area contributed by atoms with E-state index in [0.29, 0.717) is 43.3 Å². The standard InChI is InChI=1S/C49H75NO13/c1-12-26(2)43-29(5)18-19-48(63-43)24-35-21-34(62-48)17-16-28(4)42(27(3)14-13-15-33-25-56-45-41(51)30(6)20-36(46(52)59-35)49(33,45)53)60-39-22-37(54-10)44(31(7)57-39)61-40-23-38(55-11)47(9,50)32(8)58-40/h13-16,18-20,26-27,29,31-32,34-45,51,53H,12,17,21-25,50H2,1-11H3/b14-13+,28-16+,33-15+/t26?,27?,29-,31-,32-,34+,35-,36-,37-,38-,39-,40-,41+,42-,43+,44-,45+,47?,48+,49+/m0/s1. The lowest BCUT2D eigenvalue weighted by molar-refractivity contribution is -0.315. The van der Waals surface area contributed by atoms with Crippen LogP contribution in [0.1, 0.15) is 101 Å². The molecule has 6 aliphatic heterocycles. The van der Waals surface area contributed by atoms with Gasteiger partial charge in [-0.1, -0.05) is 70.6 Å². The van der Waals surface area contributed by atoms with E-state index < -0.39 is 78.0 Å². The predicted octanol–water partition coefficient (Wildman–Crippen LogP) is 5.73. The van der Waals surface area contributed by atoms with Crippen molar-refractivity contribution >= 4 is 5.97 Å². The highest BCUT2D eigenvalue weighted by Gasteiger charge is 2.60. The molecule has 0 aromatic rings. The van der Waals surface area contributed by atoms with Gasteiger partial charge in [0.15, 0.2) is 18.4 Å². The Kier molecular flexibility index (Phi) is 15.0. The third kappa shape index (κ3) is 9.76. The molecule has 6 heterocycles. The van der Waals surface area contributed by atoms with Gasteiger partial charge in [0.25, 0.3) is 0 Å². The highest BCUT2D eigenvalue weighted by molar-refractivity contribution is 5.78. The fourth-order valence-electron chi connectivity index (χ4n) is 10.8. The lowest BCUT2D eigenvalue weighted by Crippen LogP contribution is -2.63. The molecule has 354 valence electrons. The first-order valence-electron chi connectivity index (χ1n) is 23.3. The van der Waals surface area contributed by atoms with Crippen LogP contribution in [0.5, 0.6) is 0 Å². The number of hydrogen-bond acceptors (Lipinski definition) is 14. The molecule has 1 spiro atoms. The second-order valence-corrected chi connectivity index (χ2v) is 19.7. The maximum Gasteiger partial charge on any atom is 0.316 e. The Hall–Kier alpha value is -2.31. The average molecular weight is 886 g/mol. The largest absolute Gasteiger partial charge is 0.462 e. The van der Waals surface area contributed by atoms with Crippen molar-refractivity contribution in [1.29, 1.82) is 0 Å². The van der Waals surface area contributed by atoms with Gasteiger partial charge in [-0.15, -0.1) is 0 Å². The molecule has 0 saturated carbocycles. The van der Waals surface area contributed by atoms with E-state index in [1.165, 1.54) is 0 Å². The third-order valence-corrected chi connectivity index (χ3v) is 15.2. The monoisotopic (exact) mass is 886 g/mol. The van der Waals surface area contributed by atoms with Crippen LogP contribution in [0.15, 0.2) is 59.3 Å². The summed E-state index contributed by atoms with van der Waals surface area (Å²) in [6.07, 6.45) is 10.0. The van der Waals surface area contributed by atoms with E-state index in [1.807, 2.05) is 39.0 Å². The number of carbonyl (C=O) groups excluding carboxylic acids is 1. The topological polar surface area (TPSA) is 176 Å². The number of aliphatic hydroxyl groups excluding tert-OH is 1. The van der Waals surface area contributed by atoms with Crippen LogP contribution in [-0.4, -0.2) is 134 Å². The Balaban J connectivity index is 1.18. The summed E-state index contributed by atoms with van der Waals surface area (Å²) in [6, 6.07) is 0. The molecule has 20 atom stereocenters. The van der Waals surface area contributed by atoms with E-state index in [0.717, 1.165) is 12.0 Å². The summed E-state index contributed by atoms with van der Waals surface area (Å²) >= 11 is 0. The van der Waals surface area contributed by atoms with Gasteiger partial charge in [0, 0.05) is 51.7 Å². The summed E-state index contributed by atoms with van der Waals surface area (Å²) in [6.45, 7) is 18.2. The lowest BCUT2D eigenvalue weighted by Gasteiger charge is -2.48. The Morgan fingerprint density at radius 2 is 1.70 bits per heavy atom. The Bertz CT molecular complexity index is 1780. The maximum absolute atomic E-state index is 14.4. The number of hydrogen-bond donors (Lipinski definition) is 3. The maximum atomic E-state index is 14.4. The summed E-state index contributed by atoms with van der Waals surface area (Å²) in [4.78, 5) is 14.4. The molecule has 14 heteroatoms. The number of esters is 1. The molecule has 0 radical (unpaired) electrons. The molecule has 63 heavy (non-hydrogen) atoms. The first-order chi connectivity index (χ1) is 29.8. The second-order valence-electron chi connectivity index (χ2n) is 19.7. The number of rotatable bonds is 8. The molecule has 7 rings (SSSR count). The van der Waals surface area contributed by atoms with Crippen LogP contribution in [0.2, 0.25) is 0 Å². The SMILES string of the molecule is CCC(C)[C@H]1O[C@]2(C=C[C@@H]1C)C[C@@H]1C[C@@H](C/C=C(\C)[C@@H](O[C@H]3C[C@H](OC)[C@@H](O[C@H]4C[C@H](OC)C(C)(N)[C@H](C)O4)[C@H](C)O3)C(C)/C=C/C=C3\CO[C@@H]4[C@H](O)C(C)=C[C@@H](C(=O)O1)[C@]34O)O2. The molecule has 14 nitrogen and oxygen atoms in total. The Morgan fingerprint density at radius 1 is 0.952 bits per heavy atom. The quantitative estimate of drug-likeness (QED) is 0.199.